The fraction of sp³-hybridized carbons (Fsp3) is 0.710. The van der Waals surface area contributed by atoms with E-state index in [1.165, 1.54) is 0 Å². The van der Waals surface area contributed by atoms with Crippen LogP contribution in [0.4, 0.5) is 0 Å². The van der Waals surface area contributed by atoms with Crippen LogP contribution in [0.5, 0.6) is 17.2 Å². The molecule has 4 rings (SSSR count). The summed E-state index contributed by atoms with van der Waals surface area (Å²) in [7, 11) is 4.71. The average Bonchev–Trinajstić information content (AvgIpc) is 3.00. The first-order valence-corrected chi connectivity index (χ1v) is 15.1. The van der Waals surface area contributed by atoms with Gasteiger partial charge in [-0.1, -0.05) is 38.5 Å². The van der Waals surface area contributed by atoms with E-state index in [9.17, 15) is 14.4 Å². The number of nitrogens with zero attached hydrogens (tertiary/aromatic N) is 1. The van der Waals surface area contributed by atoms with Crippen molar-refractivity contribution in [2.45, 2.75) is 101 Å². The monoisotopic (exact) mass is 557 g/mol. The topological polar surface area (TPSA) is 120 Å². The van der Waals surface area contributed by atoms with Gasteiger partial charge in [0, 0.05) is 6.54 Å². The molecule has 0 spiro atoms. The first-order valence-electron chi connectivity index (χ1n) is 15.1. The molecule has 9 heteroatoms. The minimum absolute atomic E-state index is 0.0469. The largest absolute Gasteiger partial charge is 0.493 e. The van der Waals surface area contributed by atoms with E-state index in [0.29, 0.717) is 30.2 Å². The van der Waals surface area contributed by atoms with E-state index in [1.54, 1.807) is 26.2 Å². The first-order chi connectivity index (χ1) is 19.4. The smallest absolute Gasteiger partial charge is 0.243 e. The number of nitrogens with one attached hydrogen (secondary N) is 1. The van der Waals surface area contributed by atoms with Crippen LogP contribution in [0.25, 0.3) is 0 Å². The van der Waals surface area contributed by atoms with Crippen LogP contribution in [0, 0.1) is 11.8 Å². The summed E-state index contributed by atoms with van der Waals surface area (Å²) in [5, 5.41) is 2.99. The molecule has 1 aromatic rings. The molecular formula is C31H47N3O6. The van der Waals surface area contributed by atoms with Gasteiger partial charge in [0.25, 0.3) is 0 Å². The van der Waals surface area contributed by atoms with Gasteiger partial charge in [-0.05, 0) is 74.5 Å². The molecule has 40 heavy (non-hydrogen) atoms. The lowest BCUT2D eigenvalue weighted by Crippen LogP contribution is -2.58. The summed E-state index contributed by atoms with van der Waals surface area (Å²) in [6, 6.07) is 2.43. The lowest BCUT2D eigenvalue weighted by molar-refractivity contribution is -0.145. The number of hydrogen-bond donors (Lipinski definition) is 2. The van der Waals surface area contributed by atoms with Crippen LogP contribution in [0.1, 0.15) is 95.0 Å². The Balaban J connectivity index is 1.64. The highest BCUT2D eigenvalue weighted by Gasteiger charge is 2.41. The highest BCUT2D eigenvalue weighted by Crippen LogP contribution is 2.45. The molecule has 2 aliphatic carbocycles. The Hall–Kier alpha value is -2.97. The van der Waals surface area contributed by atoms with Crippen molar-refractivity contribution in [2.75, 3.05) is 27.9 Å². The van der Waals surface area contributed by atoms with Crippen molar-refractivity contribution in [2.24, 2.45) is 17.6 Å². The third-order valence-corrected chi connectivity index (χ3v) is 9.25. The number of nitrogens with two attached hydrogens (primary N) is 1. The van der Waals surface area contributed by atoms with E-state index in [1.807, 2.05) is 12.1 Å². The molecule has 3 amide bonds. The van der Waals surface area contributed by atoms with E-state index in [4.69, 9.17) is 19.9 Å². The zero-order valence-electron chi connectivity index (χ0n) is 24.4. The number of primary amides is 1. The number of amides is 3. The van der Waals surface area contributed by atoms with E-state index in [-0.39, 0.29) is 23.7 Å². The first kappa shape index (κ1) is 30.0. The molecule has 1 aromatic carbocycles. The van der Waals surface area contributed by atoms with Gasteiger partial charge in [0.15, 0.2) is 11.5 Å². The fourth-order valence-corrected chi connectivity index (χ4v) is 7.15. The number of rotatable bonds is 10. The maximum Gasteiger partial charge on any atom is 0.243 e. The Labute approximate surface area is 238 Å². The number of carbonyl (C=O) groups excluding carboxylic acids is 3. The van der Waals surface area contributed by atoms with E-state index >= 15 is 0 Å². The van der Waals surface area contributed by atoms with Crippen LogP contribution in [-0.2, 0) is 14.4 Å². The van der Waals surface area contributed by atoms with Crippen LogP contribution in [-0.4, -0.2) is 62.6 Å². The van der Waals surface area contributed by atoms with E-state index < -0.39 is 23.9 Å². The molecule has 0 radical (unpaired) electrons. The summed E-state index contributed by atoms with van der Waals surface area (Å²) in [6.45, 7) is 0.509. The van der Waals surface area contributed by atoms with Crippen LogP contribution in [0.15, 0.2) is 12.1 Å². The maximum absolute atomic E-state index is 14.5. The SMILES string of the molecule is COc1cc(C(C(=O)N2CCCCC2C(=O)NC(C(N)=O)C2CCCCC2)C2CCCCC2)cc(OC)c1OC. The standard InChI is InChI=1S/C31H47N3O6/c1-38-24-18-22(19-25(39-2)28(24)40-3)26(20-12-6-4-7-13-20)31(37)34-17-11-10-16-23(34)30(36)33-27(29(32)35)21-14-8-5-9-15-21/h18-21,23,26-27H,4-17H2,1-3H3,(H2,32,35)(H,33,36). The van der Waals surface area contributed by atoms with Crippen LogP contribution < -0.4 is 25.3 Å². The number of carbonyl (C=O) groups is 3. The van der Waals surface area contributed by atoms with Gasteiger partial charge in [0.2, 0.25) is 23.5 Å². The Morgan fingerprint density at radius 3 is 1.88 bits per heavy atom. The van der Waals surface area contributed by atoms with Crippen molar-refractivity contribution < 1.29 is 28.6 Å². The Kier molecular flexibility index (Phi) is 10.6. The van der Waals surface area contributed by atoms with Crippen molar-refractivity contribution in [3.63, 3.8) is 0 Å². The quantitative estimate of drug-likeness (QED) is 0.442. The maximum atomic E-state index is 14.5. The van der Waals surface area contributed by atoms with Gasteiger partial charge in [-0.15, -0.1) is 0 Å². The average molecular weight is 558 g/mol. The summed E-state index contributed by atoms with van der Waals surface area (Å²) in [5.41, 5.74) is 6.59. The van der Waals surface area contributed by atoms with E-state index in [2.05, 4.69) is 5.32 Å². The van der Waals surface area contributed by atoms with Crippen LogP contribution >= 0.6 is 0 Å². The lowest BCUT2D eigenvalue weighted by atomic mass is 9.75. The van der Waals surface area contributed by atoms with Crippen molar-refractivity contribution >= 4 is 17.7 Å². The second-order valence-corrected chi connectivity index (χ2v) is 11.7. The molecule has 1 saturated heterocycles. The van der Waals surface area contributed by atoms with Gasteiger partial charge >= 0.3 is 0 Å². The summed E-state index contributed by atoms with van der Waals surface area (Å²) in [4.78, 5) is 42.4. The summed E-state index contributed by atoms with van der Waals surface area (Å²) < 4.78 is 16.8. The molecule has 3 N–H and O–H groups in total. The van der Waals surface area contributed by atoms with Crippen molar-refractivity contribution in [3.8, 4) is 17.2 Å². The molecule has 0 bridgehead atoms. The van der Waals surface area contributed by atoms with Crippen molar-refractivity contribution in [1.82, 2.24) is 10.2 Å². The molecule has 3 fully saturated rings. The normalized spacial score (nSPS) is 22.2. The second-order valence-electron chi connectivity index (χ2n) is 11.7. The highest BCUT2D eigenvalue weighted by atomic mass is 16.5. The third-order valence-electron chi connectivity index (χ3n) is 9.25. The molecule has 3 unspecified atom stereocenters. The molecule has 0 aromatic heterocycles. The van der Waals surface area contributed by atoms with Gasteiger partial charge in [-0.2, -0.15) is 0 Å². The Morgan fingerprint density at radius 1 is 0.800 bits per heavy atom. The second kappa shape index (κ2) is 14.1. The van der Waals surface area contributed by atoms with Gasteiger partial charge in [-0.3, -0.25) is 14.4 Å². The number of hydrogen-bond acceptors (Lipinski definition) is 6. The highest BCUT2D eigenvalue weighted by molar-refractivity contribution is 5.93. The summed E-state index contributed by atoms with van der Waals surface area (Å²) in [6.07, 6.45) is 12.4. The predicted molar refractivity (Wildman–Crippen MR) is 152 cm³/mol. The van der Waals surface area contributed by atoms with Gasteiger partial charge in [-0.25, -0.2) is 0 Å². The van der Waals surface area contributed by atoms with E-state index in [0.717, 1.165) is 82.6 Å². The summed E-state index contributed by atoms with van der Waals surface area (Å²) >= 11 is 0. The molecule has 1 heterocycles. The molecule has 9 nitrogen and oxygen atoms in total. The molecule has 3 atom stereocenters. The third kappa shape index (κ3) is 6.66. The van der Waals surface area contributed by atoms with Gasteiger partial charge < -0.3 is 30.2 Å². The number of piperidine rings is 1. The number of methoxy groups -OCH3 is 3. The number of benzene rings is 1. The molecule has 2 saturated carbocycles. The van der Waals surface area contributed by atoms with Gasteiger partial charge in [0.05, 0.1) is 27.2 Å². The number of ether oxygens (including phenoxy) is 3. The van der Waals surface area contributed by atoms with Crippen molar-refractivity contribution in [3.05, 3.63) is 17.7 Å². The molecular weight excluding hydrogens is 510 g/mol. The lowest BCUT2D eigenvalue weighted by Gasteiger charge is -2.40. The van der Waals surface area contributed by atoms with Gasteiger partial charge in [0.1, 0.15) is 12.1 Å². The zero-order chi connectivity index (χ0) is 28.6. The Morgan fingerprint density at radius 2 is 1.35 bits per heavy atom. The molecule has 3 aliphatic rings. The molecule has 1 aliphatic heterocycles. The fourth-order valence-electron chi connectivity index (χ4n) is 7.15. The number of likely N-dealkylation sites (tertiary alicyclic amines) is 1. The molecule has 222 valence electrons. The predicted octanol–water partition coefficient (Wildman–Crippen LogP) is 4.31. The minimum atomic E-state index is -0.698. The zero-order valence-corrected chi connectivity index (χ0v) is 24.4. The summed E-state index contributed by atoms with van der Waals surface area (Å²) in [5.74, 6) is 0.458. The van der Waals surface area contributed by atoms with Crippen molar-refractivity contribution in [1.29, 1.82) is 0 Å². The van der Waals surface area contributed by atoms with Crippen LogP contribution in [0.3, 0.4) is 0 Å². The Bertz CT molecular complexity index is 1010. The van der Waals surface area contributed by atoms with Crippen LogP contribution in [0.2, 0.25) is 0 Å². The minimum Gasteiger partial charge on any atom is -0.493 e.